The van der Waals surface area contributed by atoms with Gasteiger partial charge in [0.2, 0.25) is 5.78 Å². The van der Waals surface area contributed by atoms with Crippen LogP contribution in [-0.4, -0.2) is 11.7 Å². The van der Waals surface area contributed by atoms with Gasteiger partial charge in [-0.05, 0) is 18.3 Å². The van der Waals surface area contributed by atoms with Crippen LogP contribution in [0.15, 0.2) is 0 Å². The van der Waals surface area contributed by atoms with Crippen LogP contribution in [0.2, 0.25) is 0 Å². The molecule has 0 spiro atoms. The minimum absolute atomic E-state index is 0.0458. The molecule has 3 nitrogen and oxygen atoms in total. The Morgan fingerprint density at radius 2 is 1.50 bits per heavy atom. The molecule has 0 saturated heterocycles. The summed E-state index contributed by atoms with van der Waals surface area (Å²) in [6, 6.07) is 0. The van der Waals surface area contributed by atoms with Crippen LogP contribution in [0.4, 0.5) is 0 Å². The van der Waals surface area contributed by atoms with Gasteiger partial charge in [-0.3, -0.25) is 9.59 Å². The van der Waals surface area contributed by atoms with Gasteiger partial charge >= 0.3 is 0 Å². The molecule has 1 unspecified atom stereocenters. The van der Waals surface area contributed by atoms with Crippen molar-refractivity contribution >= 4 is 11.7 Å². The third-order valence-corrected chi connectivity index (χ3v) is 3.63. The van der Waals surface area contributed by atoms with Crippen LogP contribution in [0.5, 0.6) is 0 Å². The van der Waals surface area contributed by atoms with E-state index in [0.717, 1.165) is 32.1 Å². The number of unbranched alkanes of at least 4 members (excludes halogenated alkanes) is 4. The number of hydrogen-bond acceptors (Lipinski definition) is 2. The molecule has 0 aliphatic carbocycles. The zero-order valence-corrected chi connectivity index (χ0v) is 12.3. The maximum Gasteiger partial charge on any atom is 0.284 e. The van der Waals surface area contributed by atoms with Crippen molar-refractivity contribution < 1.29 is 9.59 Å². The molecule has 0 bridgehead atoms. The van der Waals surface area contributed by atoms with Crippen LogP contribution in [0.3, 0.4) is 0 Å². The molecule has 18 heavy (non-hydrogen) atoms. The van der Waals surface area contributed by atoms with E-state index in [1.807, 2.05) is 0 Å². The lowest BCUT2D eigenvalue weighted by Gasteiger charge is -2.28. The van der Waals surface area contributed by atoms with Gasteiger partial charge < -0.3 is 5.73 Å². The summed E-state index contributed by atoms with van der Waals surface area (Å²) in [7, 11) is 0. The Morgan fingerprint density at radius 1 is 0.944 bits per heavy atom. The molecule has 1 atom stereocenters. The molecule has 0 aliphatic heterocycles. The van der Waals surface area contributed by atoms with Gasteiger partial charge in [0.1, 0.15) is 0 Å². The fourth-order valence-corrected chi connectivity index (χ4v) is 2.36. The highest BCUT2D eigenvalue weighted by atomic mass is 16.2. The molecule has 0 aromatic carbocycles. The van der Waals surface area contributed by atoms with Crippen molar-refractivity contribution in [1.82, 2.24) is 0 Å². The van der Waals surface area contributed by atoms with Crippen LogP contribution in [0, 0.1) is 5.41 Å². The second-order valence-electron chi connectivity index (χ2n) is 5.69. The minimum atomic E-state index is -0.786. The molecule has 0 rings (SSSR count). The number of rotatable bonds is 11. The van der Waals surface area contributed by atoms with Gasteiger partial charge in [-0.1, -0.05) is 59.3 Å². The Labute approximate surface area is 112 Å². The van der Waals surface area contributed by atoms with Crippen LogP contribution in [-0.2, 0) is 9.59 Å². The van der Waals surface area contributed by atoms with E-state index in [0.29, 0.717) is 6.42 Å². The second kappa shape index (κ2) is 9.12. The van der Waals surface area contributed by atoms with E-state index in [1.165, 1.54) is 19.3 Å². The number of primary amides is 1. The highest BCUT2D eigenvalue weighted by molar-refractivity contribution is 6.35. The van der Waals surface area contributed by atoms with E-state index >= 15 is 0 Å². The Balaban J connectivity index is 4.32. The second-order valence-corrected chi connectivity index (χ2v) is 5.69. The number of carbonyl (C=O) groups is 2. The number of nitrogens with two attached hydrogens (primary N) is 1. The van der Waals surface area contributed by atoms with Gasteiger partial charge in [0, 0.05) is 6.42 Å². The van der Waals surface area contributed by atoms with Gasteiger partial charge in [0.25, 0.3) is 5.91 Å². The molecule has 3 heteroatoms. The molecule has 106 valence electrons. The number of carbonyl (C=O) groups excluding carboxylic acids is 2. The Hall–Kier alpha value is -0.860. The number of Topliss-reactive ketones (excluding diaryl/α,β-unsaturated/α-hetero) is 1. The van der Waals surface area contributed by atoms with Crippen molar-refractivity contribution in [3.8, 4) is 0 Å². The quantitative estimate of drug-likeness (QED) is 0.453. The SMILES string of the molecule is CCCCCCC(C)(CCCC)CC(=O)C(N)=O. The van der Waals surface area contributed by atoms with Gasteiger partial charge in [-0.25, -0.2) is 0 Å². The predicted octanol–water partition coefficient (Wildman–Crippen LogP) is 3.60. The molecule has 0 radical (unpaired) electrons. The third-order valence-electron chi connectivity index (χ3n) is 3.63. The van der Waals surface area contributed by atoms with Crippen LogP contribution < -0.4 is 5.73 Å². The summed E-state index contributed by atoms with van der Waals surface area (Å²) in [4.78, 5) is 22.4. The van der Waals surface area contributed by atoms with Crippen molar-refractivity contribution in [2.24, 2.45) is 11.1 Å². The average Bonchev–Trinajstić information content (AvgIpc) is 2.32. The molecule has 0 fully saturated rings. The molecule has 0 aromatic rings. The van der Waals surface area contributed by atoms with Crippen molar-refractivity contribution in [3.05, 3.63) is 0 Å². The average molecular weight is 255 g/mol. The zero-order valence-electron chi connectivity index (χ0n) is 12.3. The van der Waals surface area contributed by atoms with E-state index in [2.05, 4.69) is 20.8 Å². The normalized spacial score (nSPS) is 14.2. The molecule has 0 saturated carbocycles. The van der Waals surface area contributed by atoms with Crippen LogP contribution in [0.1, 0.15) is 78.6 Å². The summed E-state index contributed by atoms with van der Waals surface area (Å²) in [5, 5.41) is 0. The predicted molar refractivity (Wildman–Crippen MR) is 75.2 cm³/mol. The zero-order chi connectivity index (χ0) is 14.0. The smallest absolute Gasteiger partial charge is 0.284 e. The lowest BCUT2D eigenvalue weighted by molar-refractivity contribution is -0.137. The fourth-order valence-electron chi connectivity index (χ4n) is 2.36. The van der Waals surface area contributed by atoms with Crippen molar-refractivity contribution in [3.63, 3.8) is 0 Å². The molecular formula is C15H29NO2. The highest BCUT2D eigenvalue weighted by Crippen LogP contribution is 2.34. The topological polar surface area (TPSA) is 60.2 Å². The molecule has 1 amide bonds. The minimum Gasteiger partial charge on any atom is -0.363 e. The first-order valence-corrected chi connectivity index (χ1v) is 7.28. The fraction of sp³-hybridized carbons (Fsp3) is 0.867. The first-order chi connectivity index (χ1) is 8.45. The van der Waals surface area contributed by atoms with Crippen LogP contribution >= 0.6 is 0 Å². The molecule has 0 aromatic heterocycles. The molecule has 2 N–H and O–H groups in total. The van der Waals surface area contributed by atoms with Gasteiger partial charge in [0.05, 0.1) is 0 Å². The van der Waals surface area contributed by atoms with Crippen molar-refractivity contribution in [2.45, 2.75) is 78.6 Å². The summed E-state index contributed by atoms with van der Waals surface area (Å²) < 4.78 is 0. The summed E-state index contributed by atoms with van der Waals surface area (Å²) in [6.45, 7) is 6.45. The maximum atomic E-state index is 11.5. The molecule has 0 heterocycles. The highest BCUT2D eigenvalue weighted by Gasteiger charge is 2.28. The summed E-state index contributed by atoms with van der Waals surface area (Å²) in [5.41, 5.74) is 5.01. The standard InChI is InChI=1S/C15H29NO2/c1-4-6-8-9-11-15(3,10-7-5-2)12-13(17)14(16)18/h4-12H2,1-3H3,(H2,16,18). The lowest BCUT2D eigenvalue weighted by atomic mass is 9.76. The summed E-state index contributed by atoms with van der Waals surface area (Å²) in [5.74, 6) is -1.20. The monoisotopic (exact) mass is 255 g/mol. The van der Waals surface area contributed by atoms with Crippen molar-refractivity contribution in [2.75, 3.05) is 0 Å². The Kier molecular flexibility index (Phi) is 8.69. The van der Waals surface area contributed by atoms with E-state index < -0.39 is 11.7 Å². The summed E-state index contributed by atoms with van der Waals surface area (Å²) >= 11 is 0. The van der Waals surface area contributed by atoms with Gasteiger partial charge in [0.15, 0.2) is 0 Å². The number of hydrogen-bond donors (Lipinski definition) is 1. The number of amides is 1. The van der Waals surface area contributed by atoms with E-state index in [1.54, 1.807) is 0 Å². The van der Waals surface area contributed by atoms with Gasteiger partial charge in [-0.2, -0.15) is 0 Å². The first kappa shape index (κ1) is 17.1. The lowest BCUT2D eigenvalue weighted by Crippen LogP contribution is -2.30. The van der Waals surface area contributed by atoms with Crippen LogP contribution in [0.25, 0.3) is 0 Å². The molecule has 0 aliphatic rings. The first-order valence-electron chi connectivity index (χ1n) is 7.28. The Morgan fingerprint density at radius 3 is 2.00 bits per heavy atom. The summed E-state index contributed by atoms with van der Waals surface area (Å²) in [6.07, 6.45) is 9.38. The number of ketones is 1. The van der Waals surface area contributed by atoms with Gasteiger partial charge in [-0.15, -0.1) is 0 Å². The maximum absolute atomic E-state index is 11.5. The largest absolute Gasteiger partial charge is 0.363 e. The van der Waals surface area contributed by atoms with E-state index in [4.69, 9.17) is 5.73 Å². The Bertz CT molecular complexity index is 263. The van der Waals surface area contributed by atoms with E-state index in [-0.39, 0.29) is 5.41 Å². The van der Waals surface area contributed by atoms with Crippen molar-refractivity contribution in [1.29, 1.82) is 0 Å². The van der Waals surface area contributed by atoms with E-state index in [9.17, 15) is 9.59 Å². The third kappa shape index (κ3) is 7.46. The molecular weight excluding hydrogens is 226 g/mol.